The topological polar surface area (TPSA) is 35.8 Å². The van der Waals surface area contributed by atoms with Crippen molar-refractivity contribution in [1.82, 2.24) is 5.32 Å². The van der Waals surface area contributed by atoms with Crippen molar-refractivity contribution >= 4 is 0 Å². The lowest BCUT2D eigenvalue weighted by Gasteiger charge is -2.59. The van der Waals surface area contributed by atoms with Crippen LogP contribution in [0.5, 0.6) is 0 Å². The zero-order valence-corrected chi connectivity index (χ0v) is 12.0. The molecule has 18 heavy (non-hydrogen) atoms. The number of nitrogens with one attached hydrogen (secondary N) is 1. The van der Waals surface area contributed by atoms with Gasteiger partial charge < -0.3 is 0 Å². The Hall–Kier alpha value is -0.550. The fourth-order valence-corrected chi connectivity index (χ4v) is 5.43. The zero-order valence-electron chi connectivity index (χ0n) is 12.0. The summed E-state index contributed by atoms with van der Waals surface area (Å²) in [6, 6.07) is 2.88. The molecule has 1 atom stereocenters. The molecule has 4 bridgehead atoms. The fourth-order valence-electron chi connectivity index (χ4n) is 5.43. The Balaban J connectivity index is 1.77. The number of nitriles is 1. The third kappa shape index (κ3) is 1.97. The maximum absolute atomic E-state index is 9.21. The SMILES string of the molecule is CC(NC(C)(C)C#N)C12CC3CC(CC(C3)C1)C2. The van der Waals surface area contributed by atoms with Crippen LogP contribution >= 0.6 is 0 Å². The van der Waals surface area contributed by atoms with Crippen molar-refractivity contribution in [1.29, 1.82) is 5.26 Å². The van der Waals surface area contributed by atoms with Crippen molar-refractivity contribution in [2.45, 2.75) is 70.9 Å². The molecule has 0 spiro atoms. The summed E-state index contributed by atoms with van der Waals surface area (Å²) in [5, 5.41) is 12.8. The van der Waals surface area contributed by atoms with Gasteiger partial charge in [-0.3, -0.25) is 5.32 Å². The summed E-state index contributed by atoms with van der Waals surface area (Å²) >= 11 is 0. The largest absolute Gasteiger partial charge is 0.297 e. The monoisotopic (exact) mass is 246 g/mol. The highest BCUT2D eigenvalue weighted by Gasteiger charge is 2.53. The van der Waals surface area contributed by atoms with Crippen LogP contribution in [0.1, 0.15) is 59.3 Å². The summed E-state index contributed by atoms with van der Waals surface area (Å²) in [5.74, 6) is 2.97. The molecule has 0 aromatic carbocycles. The highest BCUT2D eigenvalue weighted by Crippen LogP contribution is 2.61. The lowest BCUT2D eigenvalue weighted by Crippen LogP contribution is -2.58. The van der Waals surface area contributed by atoms with Crippen LogP contribution in [0.4, 0.5) is 0 Å². The minimum Gasteiger partial charge on any atom is -0.297 e. The molecule has 4 aliphatic rings. The van der Waals surface area contributed by atoms with E-state index in [1.54, 1.807) is 0 Å². The van der Waals surface area contributed by atoms with Crippen LogP contribution in [0.15, 0.2) is 0 Å². The van der Waals surface area contributed by atoms with E-state index in [9.17, 15) is 5.26 Å². The van der Waals surface area contributed by atoms with Gasteiger partial charge >= 0.3 is 0 Å². The van der Waals surface area contributed by atoms with Gasteiger partial charge in [0.1, 0.15) is 5.54 Å². The first kappa shape index (κ1) is 12.5. The molecule has 4 saturated carbocycles. The van der Waals surface area contributed by atoms with Crippen LogP contribution < -0.4 is 5.32 Å². The molecule has 0 amide bonds. The lowest BCUT2D eigenvalue weighted by atomic mass is 9.48. The van der Waals surface area contributed by atoms with E-state index in [0.29, 0.717) is 11.5 Å². The second kappa shape index (κ2) is 3.97. The quantitative estimate of drug-likeness (QED) is 0.827. The Bertz CT molecular complexity index is 342. The summed E-state index contributed by atoms with van der Waals surface area (Å²) in [5.41, 5.74) is 0.117. The number of nitrogens with zero attached hydrogens (tertiary/aromatic N) is 1. The van der Waals surface area contributed by atoms with Crippen LogP contribution in [-0.2, 0) is 0 Å². The molecular formula is C16H26N2. The first-order valence-electron chi connectivity index (χ1n) is 7.61. The second-order valence-corrected chi connectivity index (χ2v) is 7.88. The fraction of sp³-hybridized carbons (Fsp3) is 0.938. The van der Waals surface area contributed by atoms with Crippen LogP contribution in [0.2, 0.25) is 0 Å². The molecule has 4 aliphatic carbocycles. The highest BCUT2D eigenvalue weighted by atomic mass is 15.0. The van der Waals surface area contributed by atoms with Gasteiger partial charge in [0, 0.05) is 6.04 Å². The van der Waals surface area contributed by atoms with Gasteiger partial charge in [-0.1, -0.05) is 0 Å². The maximum Gasteiger partial charge on any atom is 0.101 e. The lowest BCUT2D eigenvalue weighted by molar-refractivity contribution is -0.0730. The Morgan fingerprint density at radius 3 is 1.94 bits per heavy atom. The third-order valence-corrected chi connectivity index (χ3v) is 5.86. The van der Waals surface area contributed by atoms with Crippen LogP contribution in [0.25, 0.3) is 0 Å². The summed E-state index contributed by atoms with van der Waals surface area (Å²) in [4.78, 5) is 0. The van der Waals surface area contributed by atoms with Crippen molar-refractivity contribution in [3.63, 3.8) is 0 Å². The van der Waals surface area contributed by atoms with Crippen molar-refractivity contribution < 1.29 is 0 Å². The van der Waals surface area contributed by atoms with Crippen molar-refractivity contribution in [2.24, 2.45) is 23.2 Å². The standard InChI is InChI=1S/C16H26N2/c1-11(18-15(2,3)10-17)16-7-12-4-13(8-16)6-14(5-12)9-16/h11-14,18H,4-9H2,1-3H3. The van der Waals surface area contributed by atoms with Gasteiger partial charge in [-0.25, -0.2) is 0 Å². The first-order valence-corrected chi connectivity index (χ1v) is 7.61. The molecule has 4 rings (SSSR count). The number of rotatable bonds is 3. The Morgan fingerprint density at radius 1 is 1.11 bits per heavy atom. The molecule has 1 N–H and O–H groups in total. The van der Waals surface area contributed by atoms with Gasteiger partial charge in [-0.15, -0.1) is 0 Å². The Morgan fingerprint density at radius 2 is 1.56 bits per heavy atom. The molecule has 2 heteroatoms. The molecule has 2 nitrogen and oxygen atoms in total. The predicted octanol–water partition coefficient (Wildman–Crippen LogP) is 3.48. The summed E-state index contributed by atoms with van der Waals surface area (Å²) in [6.45, 7) is 6.33. The van der Waals surface area contributed by atoms with Crippen molar-refractivity contribution in [2.75, 3.05) is 0 Å². The minimum absolute atomic E-state index is 0.386. The molecule has 0 saturated heterocycles. The van der Waals surface area contributed by atoms with Gasteiger partial charge in [0.2, 0.25) is 0 Å². The summed E-state index contributed by atoms with van der Waals surface area (Å²) in [7, 11) is 0. The van der Waals surface area contributed by atoms with Crippen molar-refractivity contribution in [3.8, 4) is 6.07 Å². The van der Waals surface area contributed by atoms with Gasteiger partial charge in [0.15, 0.2) is 0 Å². The molecule has 100 valence electrons. The first-order chi connectivity index (χ1) is 8.42. The molecule has 0 aromatic heterocycles. The van der Waals surface area contributed by atoms with Crippen molar-refractivity contribution in [3.05, 3.63) is 0 Å². The number of hydrogen-bond acceptors (Lipinski definition) is 2. The van der Waals surface area contributed by atoms with Gasteiger partial charge in [0.05, 0.1) is 6.07 Å². The zero-order chi connectivity index (χ0) is 13.0. The normalized spacial score (nSPS) is 43.8. The van der Waals surface area contributed by atoms with E-state index in [4.69, 9.17) is 0 Å². The Kier molecular flexibility index (Phi) is 2.75. The van der Waals surface area contributed by atoms with E-state index in [-0.39, 0.29) is 5.54 Å². The molecule has 0 aromatic rings. The van der Waals surface area contributed by atoms with E-state index < -0.39 is 0 Å². The summed E-state index contributed by atoms with van der Waals surface area (Å²) in [6.07, 6.45) is 8.72. The van der Waals surface area contributed by atoms with Crippen LogP contribution in [0, 0.1) is 34.5 Å². The van der Waals surface area contributed by atoms with Crippen LogP contribution in [0.3, 0.4) is 0 Å². The van der Waals surface area contributed by atoms with E-state index in [1.807, 2.05) is 13.8 Å². The Labute approximate surface area is 111 Å². The third-order valence-electron chi connectivity index (χ3n) is 5.86. The number of hydrogen-bond donors (Lipinski definition) is 1. The van der Waals surface area contributed by atoms with Gasteiger partial charge in [-0.2, -0.15) is 5.26 Å². The molecule has 0 aliphatic heterocycles. The molecule has 0 radical (unpaired) electrons. The average Bonchev–Trinajstić information content (AvgIpc) is 2.26. The van der Waals surface area contributed by atoms with Crippen LogP contribution in [-0.4, -0.2) is 11.6 Å². The van der Waals surface area contributed by atoms with E-state index in [2.05, 4.69) is 18.3 Å². The van der Waals surface area contributed by atoms with Gasteiger partial charge in [0.25, 0.3) is 0 Å². The van der Waals surface area contributed by atoms with Gasteiger partial charge in [-0.05, 0) is 82.5 Å². The second-order valence-electron chi connectivity index (χ2n) is 7.88. The minimum atomic E-state index is -0.386. The van der Waals surface area contributed by atoms with E-state index >= 15 is 0 Å². The average molecular weight is 246 g/mol. The summed E-state index contributed by atoms with van der Waals surface area (Å²) < 4.78 is 0. The molecule has 4 fully saturated rings. The van der Waals surface area contributed by atoms with E-state index in [1.165, 1.54) is 38.5 Å². The predicted molar refractivity (Wildman–Crippen MR) is 72.9 cm³/mol. The molecule has 1 unspecified atom stereocenters. The van der Waals surface area contributed by atoms with E-state index in [0.717, 1.165) is 17.8 Å². The molecular weight excluding hydrogens is 220 g/mol. The smallest absolute Gasteiger partial charge is 0.101 e. The molecule has 0 heterocycles. The maximum atomic E-state index is 9.21. The highest BCUT2D eigenvalue weighted by molar-refractivity contribution is 5.09.